The van der Waals surface area contributed by atoms with Crippen LogP contribution in [0.1, 0.15) is 16.1 Å². The fourth-order valence-electron chi connectivity index (χ4n) is 1.72. The van der Waals surface area contributed by atoms with Crippen LogP contribution in [0, 0.1) is 0 Å². The van der Waals surface area contributed by atoms with E-state index in [0.29, 0.717) is 17.9 Å². The lowest BCUT2D eigenvalue weighted by molar-refractivity contribution is 0.102. The Labute approximate surface area is 116 Å². The number of benzene rings is 1. The summed E-state index contributed by atoms with van der Waals surface area (Å²) in [5.41, 5.74) is 4.35. The van der Waals surface area contributed by atoms with Crippen LogP contribution in [-0.2, 0) is 6.42 Å². The maximum absolute atomic E-state index is 12.0. The standard InChI is InChI=1S/C14H16N4O2/c15-18-13-3-1-2-12(17-13)14(20)16-11-6-4-10(5-7-11)8-9-19/h1-7,19H,8-9,15H2,(H,16,20)(H,17,18). The number of nitrogen functional groups attached to an aromatic ring is 1. The molecule has 20 heavy (non-hydrogen) atoms. The van der Waals surface area contributed by atoms with Crippen molar-refractivity contribution in [3.8, 4) is 0 Å². The molecule has 0 aliphatic carbocycles. The number of aliphatic hydroxyl groups excluding tert-OH is 1. The molecule has 0 saturated carbocycles. The summed E-state index contributed by atoms with van der Waals surface area (Å²) < 4.78 is 0. The second kappa shape index (κ2) is 6.65. The van der Waals surface area contributed by atoms with Crippen LogP contribution < -0.4 is 16.6 Å². The first-order valence-electron chi connectivity index (χ1n) is 6.18. The SMILES string of the molecule is NNc1cccc(C(=O)Nc2ccc(CCO)cc2)n1. The lowest BCUT2D eigenvalue weighted by Crippen LogP contribution is -2.16. The smallest absolute Gasteiger partial charge is 0.274 e. The zero-order valence-corrected chi connectivity index (χ0v) is 10.8. The molecule has 0 atom stereocenters. The van der Waals surface area contributed by atoms with Crippen LogP contribution in [0.3, 0.4) is 0 Å². The van der Waals surface area contributed by atoms with Gasteiger partial charge in [-0.2, -0.15) is 0 Å². The topological polar surface area (TPSA) is 100 Å². The van der Waals surface area contributed by atoms with Gasteiger partial charge in [-0.05, 0) is 36.2 Å². The molecule has 0 spiro atoms. The predicted octanol–water partition coefficient (Wildman–Crippen LogP) is 1.15. The highest BCUT2D eigenvalue weighted by molar-refractivity contribution is 6.03. The highest BCUT2D eigenvalue weighted by Gasteiger charge is 2.08. The molecule has 0 radical (unpaired) electrons. The minimum Gasteiger partial charge on any atom is -0.396 e. The summed E-state index contributed by atoms with van der Waals surface area (Å²) in [7, 11) is 0. The van der Waals surface area contributed by atoms with E-state index >= 15 is 0 Å². The third kappa shape index (κ3) is 3.53. The van der Waals surface area contributed by atoms with E-state index in [9.17, 15) is 4.79 Å². The normalized spacial score (nSPS) is 10.1. The third-order valence-electron chi connectivity index (χ3n) is 2.74. The number of aromatic nitrogens is 1. The van der Waals surface area contributed by atoms with Gasteiger partial charge < -0.3 is 15.8 Å². The first-order valence-corrected chi connectivity index (χ1v) is 6.18. The van der Waals surface area contributed by atoms with Gasteiger partial charge in [0, 0.05) is 12.3 Å². The van der Waals surface area contributed by atoms with Gasteiger partial charge in [0.2, 0.25) is 0 Å². The Morgan fingerprint density at radius 1 is 1.20 bits per heavy atom. The fraction of sp³-hybridized carbons (Fsp3) is 0.143. The third-order valence-corrected chi connectivity index (χ3v) is 2.74. The summed E-state index contributed by atoms with van der Waals surface area (Å²) in [6.45, 7) is 0.106. The first-order chi connectivity index (χ1) is 9.72. The van der Waals surface area contributed by atoms with E-state index in [-0.39, 0.29) is 18.2 Å². The second-order valence-electron chi connectivity index (χ2n) is 4.18. The summed E-state index contributed by atoms with van der Waals surface area (Å²) in [5.74, 6) is 5.37. The lowest BCUT2D eigenvalue weighted by atomic mass is 10.1. The molecule has 6 nitrogen and oxygen atoms in total. The number of nitrogens with two attached hydrogens (primary N) is 1. The number of carbonyl (C=O) groups is 1. The molecule has 1 aromatic carbocycles. The van der Waals surface area contributed by atoms with Crippen molar-refractivity contribution < 1.29 is 9.90 Å². The zero-order valence-electron chi connectivity index (χ0n) is 10.8. The van der Waals surface area contributed by atoms with Gasteiger partial charge in [-0.15, -0.1) is 0 Å². The number of aliphatic hydroxyl groups is 1. The maximum Gasteiger partial charge on any atom is 0.274 e. The van der Waals surface area contributed by atoms with Gasteiger partial charge >= 0.3 is 0 Å². The van der Waals surface area contributed by atoms with Gasteiger partial charge in [-0.1, -0.05) is 18.2 Å². The molecule has 1 heterocycles. The van der Waals surface area contributed by atoms with Gasteiger partial charge in [0.1, 0.15) is 11.5 Å². The Morgan fingerprint density at radius 3 is 2.60 bits per heavy atom. The maximum atomic E-state index is 12.0. The number of hydrogen-bond donors (Lipinski definition) is 4. The average Bonchev–Trinajstić information content (AvgIpc) is 2.49. The number of hydrazine groups is 1. The number of pyridine rings is 1. The summed E-state index contributed by atoms with van der Waals surface area (Å²) in [4.78, 5) is 16.1. The van der Waals surface area contributed by atoms with E-state index in [0.717, 1.165) is 5.56 Å². The van der Waals surface area contributed by atoms with Gasteiger partial charge in [-0.25, -0.2) is 10.8 Å². The van der Waals surface area contributed by atoms with E-state index in [1.54, 1.807) is 30.3 Å². The summed E-state index contributed by atoms with van der Waals surface area (Å²) in [5, 5.41) is 11.6. The quantitative estimate of drug-likeness (QED) is 0.483. The molecule has 0 unspecified atom stereocenters. The molecule has 1 aromatic heterocycles. The Balaban J connectivity index is 2.06. The minimum absolute atomic E-state index is 0.106. The van der Waals surface area contributed by atoms with Crippen molar-refractivity contribution in [3.05, 3.63) is 53.7 Å². The first kappa shape index (κ1) is 14.0. The molecule has 0 aliphatic rings. The molecule has 0 aliphatic heterocycles. The molecule has 104 valence electrons. The van der Waals surface area contributed by atoms with Crippen molar-refractivity contribution in [2.75, 3.05) is 17.3 Å². The van der Waals surface area contributed by atoms with Crippen LogP contribution in [0.5, 0.6) is 0 Å². The Kier molecular flexibility index (Phi) is 4.65. The largest absolute Gasteiger partial charge is 0.396 e. The molecule has 6 heteroatoms. The predicted molar refractivity (Wildman–Crippen MR) is 77.2 cm³/mol. The Morgan fingerprint density at radius 2 is 1.95 bits per heavy atom. The van der Waals surface area contributed by atoms with Crippen LogP contribution in [0.25, 0.3) is 0 Å². The van der Waals surface area contributed by atoms with Crippen LogP contribution in [0.4, 0.5) is 11.5 Å². The Hall–Kier alpha value is -2.44. The van der Waals surface area contributed by atoms with Crippen molar-refractivity contribution in [1.82, 2.24) is 4.98 Å². The van der Waals surface area contributed by atoms with Gasteiger partial charge in [0.05, 0.1) is 0 Å². The zero-order chi connectivity index (χ0) is 14.4. The van der Waals surface area contributed by atoms with Crippen LogP contribution in [0.2, 0.25) is 0 Å². The highest BCUT2D eigenvalue weighted by atomic mass is 16.2. The van der Waals surface area contributed by atoms with E-state index in [1.807, 2.05) is 12.1 Å². The van der Waals surface area contributed by atoms with Gasteiger partial charge in [0.25, 0.3) is 5.91 Å². The summed E-state index contributed by atoms with van der Waals surface area (Å²) >= 11 is 0. The molecule has 5 N–H and O–H groups in total. The van der Waals surface area contributed by atoms with E-state index < -0.39 is 0 Å². The van der Waals surface area contributed by atoms with Crippen molar-refractivity contribution in [2.45, 2.75) is 6.42 Å². The molecular weight excluding hydrogens is 256 g/mol. The van der Waals surface area contributed by atoms with E-state index in [1.165, 1.54) is 0 Å². The number of nitrogens with zero attached hydrogens (tertiary/aromatic N) is 1. The van der Waals surface area contributed by atoms with Crippen molar-refractivity contribution in [3.63, 3.8) is 0 Å². The minimum atomic E-state index is -0.308. The van der Waals surface area contributed by atoms with Crippen LogP contribution >= 0.6 is 0 Å². The number of amides is 1. The van der Waals surface area contributed by atoms with E-state index in [2.05, 4.69) is 15.7 Å². The highest BCUT2D eigenvalue weighted by Crippen LogP contribution is 2.12. The van der Waals surface area contributed by atoms with Crippen LogP contribution in [0.15, 0.2) is 42.5 Å². The van der Waals surface area contributed by atoms with Crippen molar-refractivity contribution in [1.29, 1.82) is 0 Å². The van der Waals surface area contributed by atoms with Gasteiger partial charge in [0.15, 0.2) is 0 Å². The molecule has 1 amide bonds. The average molecular weight is 272 g/mol. The van der Waals surface area contributed by atoms with E-state index in [4.69, 9.17) is 10.9 Å². The van der Waals surface area contributed by atoms with Crippen molar-refractivity contribution in [2.24, 2.45) is 5.84 Å². The summed E-state index contributed by atoms with van der Waals surface area (Å²) in [6.07, 6.45) is 0.597. The molecule has 2 rings (SSSR count). The Bertz CT molecular complexity index is 584. The van der Waals surface area contributed by atoms with Crippen molar-refractivity contribution >= 4 is 17.4 Å². The summed E-state index contributed by atoms with van der Waals surface area (Å²) in [6, 6.07) is 12.3. The number of anilines is 2. The van der Waals surface area contributed by atoms with Gasteiger partial charge in [-0.3, -0.25) is 4.79 Å². The fourth-order valence-corrected chi connectivity index (χ4v) is 1.72. The number of rotatable bonds is 5. The number of nitrogens with one attached hydrogen (secondary N) is 2. The second-order valence-corrected chi connectivity index (χ2v) is 4.18. The lowest BCUT2D eigenvalue weighted by Gasteiger charge is -2.07. The van der Waals surface area contributed by atoms with Crippen LogP contribution in [-0.4, -0.2) is 22.6 Å². The molecule has 2 aromatic rings. The molecule has 0 saturated heterocycles. The molecule has 0 bridgehead atoms. The molecule has 0 fully saturated rings. The monoisotopic (exact) mass is 272 g/mol. The number of carbonyl (C=O) groups excluding carboxylic acids is 1. The number of hydrogen-bond acceptors (Lipinski definition) is 5. The molecular formula is C14H16N4O2.